The van der Waals surface area contributed by atoms with Crippen LogP contribution in [0, 0.1) is 5.95 Å². The molecule has 4 rings (SSSR count). The molecule has 32 heavy (non-hydrogen) atoms. The van der Waals surface area contributed by atoms with E-state index in [0.29, 0.717) is 16.5 Å². The van der Waals surface area contributed by atoms with Crippen LogP contribution in [-0.2, 0) is 13.6 Å². The van der Waals surface area contributed by atoms with Crippen LogP contribution < -0.4 is 21.4 Å². The van der Waals surface area contributed by atoms with Gasteiger partial charge in [-0.05, 0) is 48.0 Å². The van der Waals surface area contributed by atoms with Crippen LogP contribution in [0.5, 0.6) is 11.6 Å². The van der Waals surface area contributed by atoms with Gasteiger partial charge in [0.05, 0.1) is 6.54 Å². The van der Waals surface area contributed by atoms with Crippen molar-refractivity contribution in [2.24, 2.45) is 7.05 Å². The molecule has 0 saturated heterocycles. The van der Waals surface area contributed by atoms with Gasteiger partial charge in [-0.2, -0.15) is 14.4 Å². The lowest BCUT2D eigenvalue weighted by molar-refractivity contribution is 0.445. The SMILES string of the molecule is Cn1c(=O)nc(Nc2ccc(Oc3cccc(F)n3)cc2)n(Cc2ccc(Cl)cc2)c1=O. The van der Waals surface area contributed by atoms with E-state index in [-0.39, 0.29) is 18.4 Å². The minimum absolute atomic E-state index is 0.0912. The van der Waals surface area contributed by atoms with E-state index in [1.54, 1.807) is 48.5 Å². The van der Waals surface area contributed by atoms with Gasteiger partial charge in [-0.3, -0.25) is 4.57 Å². The largest absolute Gasteiger partial charge is 0.439 e. The summed E-state index contributed by atoms with van der Waals surface area (Å²) < 4.78 is 21.0. The van der Waals surface area contributed by atoms with Crippen LogP contribution in [0.3, 0.4) is 0 Å². The average molecular weight is 454 g/mol. The molecule has 0 bridgehead atoms. The third kappa shape index (κ3) is 4.84. The normalized spacial score (nSPS) is 10.7. The summed E-state index contributed by atoms with van der Waals surface area (Å²) in [5.41, 5.74) is 0.183. The first-order chi connectivity index (χ1) is 15.4. The van der Waals surface area contributed by atoms with Gasteiger partial charge in [-0.1, -0.05) is 29.8 Å². The second-order valence-electron chi connectivity index (χ2n) is 6.82. The zero-order valence-electron chi connectivity index (χ0n) is 16.8. The third-order valence-electron chi connectivity index (χ3n) is 4.54. The fraction of sp³-hybridized carbons (Fsp3) is 0.0909. The lowest BCUT2D eigenvalue weighted by Gasteiger charge is -2.14. The van der Waals surface area contributed by atoms with E-state index in [4.69, 9.17) is 16.3 Å². The predicted molar refractivity (Wildman–Crippen MR) is 118 cm³/mol. The van der Waals surface area contributed by atoms with Gasteiger partial charge in [0.25, 0.3) is 0 Å². The van der Waals surface area contributed by atoms with Gasteiger partial charge in [0.1, 0.15) is 5.75 Å². The molecule has 0 amide bonds. The molecule has 4 aromatic rings. The summed E-state index contributed by atoms with van der Waals surface area (Å²) in [6.07, 6.45) is 0. The molecule has 2 aromatic carbocycles. The van der Waals surface area contributed by atoms with Crippen LogP contribution in [0.15, 0.2) is 76.3 Å². The lowest BCUT2D eigenvalue weighted by atomic mass is 10.2. The van der Waals surface area contributed by atoms with Crippen molar-refractivity contribution in [3.05, 3.63) is 104 Å². The molecule has 0 aliphatic rings. The van der Waals surface area contributed by atoms with Crippen molar-refractivity contribution in [3.63, 3.8) is 0 Å². The number of hydrogen-bond acceptors (Lipinski definition) is 6. The second kappa shape index (κ2) is 9.03. The van der Waals surface area contributed by atoms with Gasteiger partial charge in [0.2, 0.25) is 17.8 Å². The number of benzene rings is 2. The van der Waals surface area contributed by atoms with Crippen molar-refractivity contribution in [3.8, 4) is 11.6 Å². The first kappa shape index (κ1) is 21.3. The first-order valence-electron chi connectivity index (χ1n) is 9.49. The fourth-order valence-corrected chi connectivity index (χ4v) is 3.02. The summed E-state index contributed by atoms with van der Waals surface area (Å²) in [7, 11) is 1.37. The summed E-state index contributed by atoms with van der Waals surface area (Å²) in [5.74, 6) is 0.00423. The monoisotopic (exact) mass is 453 g/mol. The summed E-state index contributed by atoms with van der Waals surface area (Å²) in [5, 5.41) is 3.57. The Morgan fingerprint density at radius 2 is 1.72 bits per heavy atom. The second-order valence-corrected chi connectivity index (χ2v) is 7.26. The van der Waals surface area contributed by atoms with E-state index in [1.165, 1.54) is 29.8 Å². The molecule has 0 spiro atoms. The van der Waals surface area contributed by atoms with Crippen molar-refractivity contribution in [1.82, 2.24) is 19.1 Å². The fourth-order valence-electron chi connectivity index (χ4n) is 2.89. The first-order valence-corrected chi connectivity index (χ1v) is 9.87. The molecule has 2 aromatic heterocycles. The maximum absolute atomic E-state index is 13.2. The summed E-state index contributed by atoms with van der Waals surface area (Å²) >= 11 is 5.93. The Bertz CT molecular complexity index is 1370. The van der Waals surface area contributed by atoms with Crippen LogP contribution in [-0.4, -0.2) is 19.1 Å². The molecular formula is C22H17ClFN5O3. The molecule has 0 unspecified atom stereocenters. The molecule has 0 radical (unpaired) electrons. The van der Waals surface area contributed by atoms with E-state index >= 15 is 0 Å². The average Bonchev–Trinajstić information content (AvgIpc) is 2.78. The molecule has 0 saturated carbocycles. The van der Waals surface area contributed by atoms with Crippen molar-refractivity contribution in [1.29, 1.82) is 0 Å². The third-order valence-corrected chi connectivity index (χ3v) is 4.79. The Morgan fingerprint density at radius 3 is 2.41 bits per heavy atom. The number of aromatic nitrogens is 4. The molecule has 0 fully saturated rings. The molecular weight excluding hydrogens is 437 g/mol. The maximum atomic E-state index is 13.2. The van der Waals surface area contributed by atoms with Gasteiger partial charge in [-0.25, -0.2) is 14.2 Å². The Labute approximate surface area is 186 Å². The topological polar surface area (TPSA) is 91.0 Å². The van der Waals surface area contributed by atoms with E-state index < -0.39 is 17.3 Å². The van der Waals surface area contributed by atoms with Crippen molar-refractivity contribution >= 4 is 23.2 Å². The molecule has 8 nitrogen and oxygen atoms in total. The zero-order chi connectivity index (χ0) is 22.7. The maximum Gasteiger partial charge on any atom is 0.354 e. The van der Waals surface area contributed by atoms with E-state index in [1.807, 2.05) is 0 Å². The van der Waals surface area contributed by atoms with Gasteiger partial charge in [0, 0.05) is 23.8 Å². The van der Waals surface area contributed by atoms with Gasteiger partial charge < -0.3 is 10.1 Å². The Balaban J connectivity index is 1.60. The quantitative estimate of drug-likeness (QED) is 0.447. The minimum Gasteiger partial charge on any atom is -0.439 e. The molecule has 0 atom stereocenters. The summed E-state index contributed by atoms with van der Waals surface area (Å²) in [6, 6.07) is 17.9. The van der Waals surface area contributed by atoms with Crippen molar-refractivity contribution < 1.29 is 9.13 Å². The highest BCUT2D eigenvalue weighted by Gasteiger charge is 2.12. The highest BCUT2D eigenvalue weighted by molar-refractivity contribution is 6.30. The number of nitrogens with zero attached hydrogens (tertiary/aromatic N) is 4. The smallest absolute Gasteiger partial charge is 0.354 e. The standard InChI is InChI=1S/C22H17ClFN5O3/c1-28-21(30)27-20(29(22(28)31)13-14-5-7-15(23)8-6-14)25-16-9-11-17(12-10-16)32-19-4-2-3-18(24)26-19/h2-12H,13H2,1H3,(H,25,27,30). The lowest BCUT2D eigenvalue weighted by Crippen LogP contribution is -2.41. The number of hydrogen-bond donors (Lipinski definition) is 1. The molecule has 0 aliphatic carbocycles. The Morgan fingerprint density at radius 1 is 1.00 bits per heavy atom. The number of halogens is 2. The highest BCUT2D eigenvalue weighted by Crippen LogP contribution is 2.23. The minimum atomic E-state index is -0.679. The van der Waals surface area contributed by atoms with Crippen LogP contribution in [0.4, 0.5) is 16.0 Å². The number of nitrogens with one attached hydrogen (secondary N) is 1. The Kier molecular flexibility index (Phi) is 6.00. The van der Waals surface area contributed by atoms with Crippen LogP contribution >= 0.6 is 11.6 Å². The van der Waals surface area contributed by atoms with Gasteiger partial charge >= 0.3 is 11.4 Å². The number of pyridine rings is 1. The van der Waals surface area contributed by atoms with Crippen LogP contribution in [0.1, 0.15) is 5.56 Å². The molecule has 2 heterocycles. The number of rotatable bonds is 6. The van der Waals surface area contributed by atoms with E-state index in [0.717, 1.165) is 10.1 Å². The molecule has 162 valence electrons. The predicted octanol–water partition coefficient (Wildman–Crippen LogP) is 3.71. The van der Waals surface area contributed by atoms with Gasteiger partial charge in [-0.15, -0.1) is 0 Å². The molecule has 10 heteroatoms. The van der Waals surface area contributed by atoms with E-state index in [9.17, 15) is 14.0 Å². The molecule has 0 aliphatic heterocycles. The Hall–Kier alpha value is -3.98. The summed E-state index contributed by atoms with van der Waals surface area (Å²) in [6.45, 7) is 0.186. The van der Waals surface area contributed by atoms with Crippen LogP contribution in [0.2, 0.25) is 5.02 Å². The summed E-state index contributed by atoms with van der Waals surface area (Å²) in [4.78, 5) is 32.5. The molecule has 1 N–H and O–H groups in total. The zero-order valence-corrected chi connectivity index (χ0v) is 17.6. The highest BCUT2D eigenvalue weighted by atomic mass is 35.5. The van der Waals surface area contributed by atoms with Gasteiger partial charge in [0.15, 0.2) is 0 Å². The number of anilines is 2. The van der Waals surface area contributed by atoms with Crippen molar-refractivity contribution in [2.75, 3.05) is 5.32 Å². The van der Waals surface area contributed by atoms with Crippen LogP contribution in [0.25, 0.3) is 0 Å². The van der Waals surface area contributed by atoms with Crippen molar-refractivity contribution in [2.45, 2.75) is 6.54 Å². The van der Waals surface area contributed by atoms with E-state index in [2.05, 4.69) is 15.3 Å². The number of ether oxygens (including phenoxy) is 1.